The number of rotatable bonds is 11. The van der Waals surface area contributed by atoms with Crippen molar-refractivity contribution in [1.29, 1.82) is 0 Å². The van der Waals surface area contributed by atoms with E-state index < -0.39 is 10.0 Å². The SMILES string of the molecule is CCCOCCOCCN(C)S(=O)(=O)c1cccc([C@@H]2CN(C)Cc3c(Cl)cc(Cl)cc32)c1. The number of benzene rings is 2. The number of likely N-dealkylation sites (N-methyl/N-ethyl adjacent to an activating group) is 2. The van der Waals surface area contributed by atoms with Crippen LogP contribution in [0.5, 0.6) is 0 Å². The zero-order valence-electron chi connectivity index (χ0n) is 19.4. The second-order valence-electron chi connectivity index (χ2n) is 8.33. The molecule has 0 saturated carbocycles. The van der Waals surface area contributed by atoms with E-state index in [0.29, 0.717) is 36.5 Å². The monoisotopic (exact) mass is 514 g/mol. The zero-order valence-corrected chi connectivity index (χ0v) is 21.7. The van der Waals surface area contributed by atoms with Gasteiger partial charge in [0.25, 0.3) is 0 Å². The lowest BCUT2D eigenvalue weighted by molar-refractivity contribution is 0.0458. The van der Waals surface area contributed by atoms with Crippen LogP contribution in [0.2, 0.25) is 10.0 Å². The Kier molecular flexibility index (Phi) is 9.59. The molecule has 1 aliphatic heterocycles. The zero-order chi connectivity index (χ0) is 24.0. The summed E-state index contributed by atoms with van der Waals surface area (Å²) >= 11 is 12.8. The second kappa shape index (κ2) is 12.0. The summed E-state index contributed by atoms with van der Waals surface area (Å²) in [5, 5.41) is 1.22. The van der Waals surface area contributed by atoms with E-state index >= 15 is 0 Å². The number of sulfonamides is 1. The number of ether oxygens (including phenoxy) is 2. The number of halogens is 2. The van der Waals surface area contributed by atoms with Crippen LogP contribution in [0.1, 0.15) is 36.0 Å². The Balaban J connectivity index is 1.74. The highest BCUT2D eigenvalue weighted by molar-refractivity contribution is 7.89. The van der Waals surface area contributed by atoms with Crippen molar-refractivity contribution in [2.75, 3.05) is 53.6 Å². The second-order valence-corrected chi connectivity index (χ2v) is 11.2. The van der Waals surface area contributed by atoms with Crippen molar-refractivity contribution in [2.24, 2.45) is 0 Å². The van der Waals surface area contributed by atoms with Crippen LogP contribution in [0.25, 0.3) is 0 Å². The molecule has 0 aromatic heterocycles. The van der Waals surface area contributed by atoms with Gasteiger partial charge in [-0.15, -0.1) is 0 Å². The molecule has 1 atom stereocenters. The molecule has 0 radical (unpaired) electrons. The first-order valence-electron chi connectivity index (χ1n) is 11.1. The highest BCUT2D eigenvalue weighted by Gasteiger charge is 2.28. The van der Waals surface area contributed by atoms with Crippen LogP contribution < -0.4 is 0 Å². The van der Waals surface area contributed by atoms with Gasteiger partial charge in [-0.1, -0.05) is 42.3 Å². The lowest BCUT2D eigenvalue weighted by Crippen LogP contribution is -2.32. The van der Waals surface area contributed by atoms with Crippen molar-refractivity contribution < 1.29 is 17.9 Å². The van der Waals surface area contributed by atoms with Gasteiger partial charge >= 0.3 is 0 Å². The highest BCUT2D eigenvalue weighted by Crippen LogP contribution is 2.38. The Labute approximate surface area is 207 Å². The van der Waals surface area contributed by atoms with E-state index in [2.05, 4.69) is 4.90 Å². The minimum atomic E-state index is -3.65. The van der Waals surface area contributed by atoms with Gasteiger partial charge in [0, 0.05) is 49.3 Å². The van der Waals surface area contributed by atoms with Gasteiger partial charge in [-0.3, -0.25) is 0 Å². The maximum Gasteiger partial charge on any atom is 0.242 e. The number of hydrogen-bond donors (Lipinski definition) is 0. The van der Waals surface area contributed by atoms with Crippen LogP contribution in [0.15, 0.2) is 41.3 Å². The molecule has 9 heteroatoms. The topological polar surface area (TPSA) is 59.1 Å². The van der Waals surface area contributed by atoms with Gasteiger partial charge < -0.3 is 14.4 Å². The maximum atomic E-state index is 13.2. The first-order chi connectivity index (χ1) is 15.7. The molecule has 0 fully saturated rings. The molecule has 0 amide bonds. The molecule has 182 valence electrons. The van der Waals surface area contributed by atoms with Crippen molar-refractivity contribution >= 4 is 33.2 Å². The van der Waals surface area contributed by atoms with Crippen molar-refractivity contribution in [1.82, 2.24) is 9.21 Å². The van der Waals surface area contributed by atoms with Crippen LogP contribution in [-0.4, -0.2) is 71.2 Å². The molecule has 33 heavy (non-hydrogen) atoms. The molecule has 0 unspecified atom stereocenters. The standard InChI is InChI=1S/C24H32Cl2N2O4S/c1-4-9-31-11-12-32-10-8-28(3)33(29,30)20-7-5-6-18(13-20)22-16-27(2)17-23-21(22)14-19(25)15-24(23)26/h5-7,13-15,22H,4,8-12,16-17H2,1-3H3/t22-/m0/s1. The Hall–Kier alpha value is -1.19. The van der Waals surface area contributed by atoms with Gasteiger partial charge in [-0.2, -0.15) is 4.31 Å². The predicted octanol–water partition coefficient (Wildman–Crippen LogP) is 4.63. The Bertz CT molecular complexity index is 1050. The third-order valence-corrected chi connectivity index (χ3v) is 8.14. The molecule has 0 N–H and O–H groups in total. The van der Waals surface area contributed by atoms with Crippen LogP contribution in [0, 0.1) is 0 Å². The van der Waals surface area contributed by atoms with E-state index in [4.69, 9.17) is 32.7 Å². The Morgan fingerprint density at radius 2 is 1.82 bits per heavy atom. The molecule has 6 nitrogen and oxygen atoms in total. The summed E-state index contributed by atoms with van der Waals surface area (Å²) in [6.45, 7) is 5.76. The van der Waals surface area contributed by atoms with E-state index in [0.717, 1.165) is 36.2 Å². The molecule has 0 aliphatic carbocycles. The van der Waals surface area contributed by atoms with Gasteiger partial charge in [0.15, 0.2) is 0 Å². The summed E-state index contributed by atoms with van der Waals surface area (Å²) < 4.78 is 38.6. The van der Waals surface area contributed by atoms with E-state index in [1.807, 2.05) is 26.1 Å². The summed E-state index contributed by atoms with van der Waals surface area (Å²) in [6, 6.07) is 10.8. The first kappa shape index (κ1) is 26.4. The molecular weight excluding hydrogens is 483 g/mol. The van der Waals surface area contributed by atoms with Gasteiger partial charge in [0.2, 0.25) is 10.0 Å². The van der Waals surface area contributed by atoms with Gasteiger partial charge in [-0.05, 0) is 54.4 Å². The fourth-order valence-electron chi connectivity index (χ4n) is 3.98. The van der Waals surface area contributed by atoms with E-state index in [-0.39, 0.29) is 17.4 Å². The lowest BCUT2D eigenvalue weighted by atomic mass is 9.85. The summed E-state index contributed by atoms with van der Waals surface area (Å²) in [5.74, 6) is -0.0261. The van der Waals surface area contributed by atoms with Crippen molar-refractivity contribution in [3.05, 3.63) is 63.1 Å². The highest BCUT2D eigenvalue weighted by atomic mass is 35.5. The average Bonchev–Trinajstić information content (AvgIpc) is 2.78. The van der Waals surface area contributed by atoms with E-state index in [1.165, 1.54) is 4.31 Å². The minimum Gasteiger partial charge on any atom is -0.379 e. The summed E-state index contributed by atoms with van der Waals surface area (Å²) in [7, 11) is -0.0505. The van der Waals surface area contributed by atoms with Crippen molar-refractivity contribution in [2.45, 2.75) is 30.7 Å². The van der Waals surface area contributed by atoms with Gasteiger partial charge in [0.1, 0.15) is 0 Å². The maximum absolute atomic E-state index is 13.2. The quantitative estimate of drug-likeness (QED) is 0.409. The van der Waals surface area contributed by atoms with E-state index in [1.54, 1.807) is 31.3 Å². The fourth-order valence-corrected chi connectivity index (χ4v) is 5.76. The van der Waals surface area contributed by atoms with Crippen molar-refractivity contribution in [3.63, 3.8) is 0 Å². The van der Waals surface area contributed by atoms with Crippen LogP contribution >= 0.6 is 23.2 Å². The minimum absolute atomic E-state index is 0.0261. The fraction of sp³-hybridized carbons (Fsp3) is 0.500. The summed E-state index contributed by atoms with van der Waals surface area (Å²) in [6.07, 6.45) is 0.961. The predicted molar refractivity (Wildman–Crippen MR) is 133 cm³/mol. The number of nitrogens with zero attached hydrogens (tertiary/aromatic N) is 2. The Morgan fingerprint density at radius 3 is 2.55 bits per heavy atom. The Morgan fingerprint density at radius 1 is 1.09 bits per heavy atom. The molecule has 0 saturated heterocycles. The molecule has 3 rings (SSSR count). The van der Waals surface area contributed by atoms with Gasteiger partial charge in [0.05, 0.1) is 24.7 Å². The summed E-state index contributed by atoms with van der Waals surface area (Å²) in [4.78, 5) is 2.44. The molecule has 0 spiro atoms. The average molecular weight is 516 g/mol. The molecule has 0 bridgehead atoms. The third-order valence-electron chi connectivity index (χ3n) is 5.73. The van der Waals surface area contributed by atoms with Crippen LogP contribution in [0.3, 0.4) is 0 Å². The molecular formula is C24H32Cl2N2O4S. The van der Waals surface area contributed by atoms with Crippen LogP contribution in [-0.2, 0) is 26.0 Å². The van der Waals surface area contributed by atoms with E-state index in [9.17, 15) is 8.42 Å². The van der Waals surface area contributed by atoms with Gasteiger partial charge in [-0.25, -0.2) is 8.42 Å². The third kappa shape index (κ3) is 6.69. The normalized spacial score (nSPS) is 16.8. The molecule has 1 heterocycles. The smallest absolute Gasteiger partial charge is 0.242 e. The first-order valence-corrected chi connectivity index (χ1v) is 13.3. The largest absolute Gasteiger partial charge is 0.379 e. The van der Waals surface area contributed by atoms with Crippen LogP contribution in [0.4, 0.5) is 0 Å². The van der Waals surface area contributed by atoms with Crippen molar-refractivity contribution in [3.8, 4) is 0 Å². The molecule has 1 aliphatic rings. The number of hydrogen-bond acceptors (Lipinski definition) is 5. The molecule has 2 aromatic rings. The molecule has 2 aromatic carbocycles. The number of fused-ring (bicyclic) bond motifs is 1. The summed E-state index contributed by atoms with van der Waals surface area (Å²) in [5.41, 5.74) is 3.00. The lowest BCUT2D eigenvalue weighted by Gasteiger charge is -2.33.